The molecule has 0 radical (unpaired) electrons. The highest BCUT2D eigenvalue weighted by atomic mass is 16.5. The summed E-state index contributed by atoms with van der Waals surface area (Å²) < 4.78 is 16.1. The van der Waals surface area contributed by atoms with E-state index in [-0.39, 0.29) is 18.2 Å². The lowest BCUT2D eigenvalue weighted by atomic mass is 9.87. The van der Waals surface area contributed by atoms with Crippen molar-refractivity contribution in [3.8, 4) is 17.1 Å². The third kappa shape index (κ3) is 13.4. The Morgan fingerprint density at radius 3 is 2.47 bits per heavy atom. The molecule has 274 valence electrons. The number of rotatable bonds is 20. The second-order valence-electron chi connectivity index (χ2n) is 12.5. The van der Waals surface area contributed by atoms with Crippen LogP contribution in [0, 0.1) is 6.92 Å². The number of carbonyl (C=O) groups is 2. The highest BCUT2D eigenvalue weighted by molar-refractivity contribution is 5.68. The Kier molecular flexibility index (Phi) is 16.3. The van der Waals surface area contributed by atoms with Crippen molar-refractivity contribution in [1.82, 2.24) is 30.8 Å². The molecule has 13 heteroatoms. The quantitative estimate of drug-likeness (QED) is 0.0589. The minimum atomic E-state index is -0.952. The molecule has 1 fully saturated rings. The molecule has 1 unspecified atom stereocenters. The van der Waals surface area contributed by atoms with Crippen LogP contribution in [0.3, 0.4) is 0 Å². The van der Waals surface area contributed by atoms with Crippen LogP contribution in [0.2, 0.25) is 0 Å². The van der Waals surface area contributed by atoms with E-state index in [4.69, 9.17) is 24.3 Å². The van der Waals surface area contributed by atoms with Crippen LogP contribution in [-0.2, 0) is 24.6 Å². The zero-order valence-electron chi connectivity index (χ0n) is 29.6. The second-order valence-corrected chi connectivity index (χ2v) is 12.5. The number of carboxylic acid groups (broad SMARTS) is 1. The van der Waals surface area contributed by atoms with Gasteiger partial charge < -0.3 is 35.3 Å². The number of nitrogens with zero attached hydrogens (tertiary/aromatic N) is 3. The summed E-state index contributed by atoms with van der Waals surface area (Å²) in [7, 11) is 0. The molecular formula is C38H51N7O6. The Bertz CT molecular complexity index is 1600. The number of H-pyrrole nitrogens is 1. The number of aryl methyl sites for hydroxylation is 1. The fraction of sp³-hybridized carbons (Fsp3) is 0.447. The predicted octanol–water partition coefficient (Wildman–Crippen LogP) is 5.42. The third-order valence-corrected chi connectivity index (χ3v) is 8.42. The summed E-state index contributed by atoms with van der Waals surface area (Å²) in [4.78, 5) is 29.6. The summed E-state index contributed by atoms with van der Waals surface area (Å²) in [6.07, 6.45) is 9.73. The van der Waals surface area contributed by atoms with Gasteiger partial charge in [0.15, 0.2) is 11.6 Å². The molecule has 51 heavy (non-hydrogen) atoms. The largest absolute Gasteiger partial charge is 0.494 e. The number of piperidine rings is 1. The Labute approximate surface area is 299 Å². The van der Waals surface area contributed by atoms with Crippen molar-refractivity contribution >= 4 is 18.1 Å². The van der Waals surface area contributed by atoms with Crippen molar-refractivity contribution in [2.75, 3.05) is 51.4 Å². The Morgan fingerprint density at radius 2 is 1.71 bits per heavy atom. The summed E-state index contributed by atoms with van der Waals surface area (Å²) in [5.74, 6) is 1.45. The first-order valence-corrected chi connectivity index (χ1v) is 17.6. The highest BCUT2D eigenvalue weighted by Crippen LogP contribution is 2.33. The summed E-state index contributed by atoms with van der Waals surface area (Å²) in [6.45, 7) is 7.98. The highest BCUT2D eigenvalue weighted by Gasteiger charge is 2.37. The number of pyridine rings is 1. The lowest BCUT2D eigenvalue weighted by molar-refractivity contribution is -0.142. The molecule has 13 nitrogen and oxygen atoms in total. The molecule has 1 atom stereocenters. The predicted molar refractivity (Wildman–Crippen MR) is 195 cm³/mol. The van der Waals surface area contributed by atoms with Crippen LogP contribution < -0.4 is 20.7 Å². The molecule has 2 aromatic heterocycles. The maximum atomic E-state index is 10.5. The average Bonchev–Trinajstić information content (AvgIpc) is 3.65. The molecule has 1 amide bonds. The van der Waals surface area contributed by atoms with E-state index in [9.17, 15) is 9.59 Å². The van der Waals surface area contributed by atoms with Gasteiger partial charge in [-0.25, -0.2) is 9.78 Å². The number of nitrogens with one attached hydrogen (secondary N) is 4. The number of benzene rings is 2. The topological polar surface area (TPSA) is 173 Å². The van der Waals surface area contributed by atoms with Gasteiger partial charge in [-0.3, -0.25) is 14.9 Å². The van der Waals surface area contributed by atoms with Crippen LogP contribution >= 0.6 is 0 Å². The van der Waals surface area contributed by atoms with Crippen LogP contribution in [0.4, 0.5) is 5.69 Å². The van der Waals surface area contributed by atoms with Gasteiger partial charge in [0.1, 0.15) is 12.4 Å². The SMILES string of the molecule is CC(NC=O)c1cccc(OCCCCCOCCCOCC(=O)O)c1.Cc1cccc(NC2(c3nc(-c4ccncc4)n[nH]3)CCNCC2)c1. The normalized spacial score (nSPS) is 14.1. The lowest BCUT2D eigenvalue weighted by Gasteiger charge is -2.37. The standard InChI is InChI=1S/C19H22N6.C19H29NO6/c1-14-3-2-4-16(13-14)23-19(7-11-21-12-8-19)18-22-17(24-25-18)15-5-9-20-10-6-15;1-16(20-15-21)17-7-5-8-18(13-17)26-12-4-2-3-9-24-10-6-11-25-14-19(22)23/h2-6,9-10,13,21,23H,7-8,11-12H2,1H3,(H,22,24,25);5,7-8,13,15-16H,2-4,6,9-12,14H2,1H3,(H,20,21)(H,22,23). The summed E-state index contributed by atoms with van der Waals surface area (Å²) >= 11 is 0. The van der Waals surface area contributed by atoms with Crippen molar-refractivity contribution in [2.45, 2.75) is 64.0 Å². The van der Waals surface area contributed by atoms with Crippen LogP contribution in [-0.4, -0.2) is 83.8 Å². The number of hydrogen-bond acceptors (Lipinski definition) is 10. The fourth-order valence-electron chi connectivity index (χ4n) is 5.65. The summed E-state index contributed by atoms with van der Waals surface area (Å²) in [5, 5.41) is 25.9. The van der Waals surface area contributed by atoms with E-state index in [1.807, 2.05) is 43.3 Å². The number of aromatic nitrogens is 4. The molecule has 3 heterocycles. The van der Waals surface area contributed by atoms with E-state index in [0.717, 1.165) is 73.6 Å². The van der Waals surface area contributed by atoms with E-state index < -0.39 is 5.97 Å². The van der Waals surface area contributed by atoms with Gasteiger partial charge in [0.2, 0.25) is 6.41 Å². The maximum absolute atomic E-state index is 10.5. The smallest absolute Gasteiger partial charge is 0.329 e. The van der Waals surface area contributed by atoms with Crippen LogP contribution in [0.1, 0.15) is 68.4 Å². The molecule has 2 aromatic carbocycles. The Morgan fingerprint density at radius 1 is 0.961 bits per heavy atom. The van der Waals surface area contributed by atoms with Gasteiger partial charge >= 0.3 is 5.97 Å². The monoisotopic (exact) mass is 701 g/mol. The number of amides is 1. The minimum Gasteiger partial charge on any atom is -0.494 e. The number of anilines is 1. The van der Waals surface area contributed by atoms with Crippen molar-refractivity contribution in [1.29, 1.82) is 0 Å². The molecule has 1 aliphatic rings. The van der Waals surface area contributed by atoms with Crippen LogP contribution in [0.5, 0.6) is 5.75 Å². The van der Waals surface area contributed by atoms with Crippen molar-refractivity contribution in [3.63, 3.8) is 0 Å². The number of carbonyl (C=O) groups excluding carboxylic acids is 1. The molecule has 5 rings (SSSR count). The first kappa shape index (κ1) is 38.9. The van der Waals surface area contributed by atoms with Crippen LogP contribution in [0.25, 0.3) is 11.4 Å². The van der Waals surface area contributed by atoms with E-state index >= 15 is 0 Å². The number of carboxylic acids is 1. The van der Waals surface area contributed by atoms with Gasteiger partial charge in [-0.1, -0.05) is 24.3 Å². The van der Waals surface area contributed by atoms with Crippen molar-refractivity contribution in [3.05, 3.63) is 90.0 Å². The first-order valence-electron chi connectivity index (χ1n) is 17.6. The Hall–Kier alpha value is -4.85. The van der Waals surface area contributed by atoms with Gasteiger partial charge in [-0.15, -0.1) is 0 Å². The molecule has 1 aliphatic heterocycles. The number of aromatic amines is 1. The Balaban J connectivity index is 0.000000229. The molecule has 4 aromatic rings. The molecule has 0 bridgehead atoms. The number of unbranched alkanes of at least 4 members (excludes halogenated alkanes) is 2. The van der Waals surface area contributed by atoms with Crippen LogP contribution in [0.15, 0.2) is 73.1 Å². The molecule has 0 aliphatic carbocycles. The van der Waals surface area contributed by atoms with Gasteiger partial charge in [0.05, 0.1) is 18.2 Å². The lowest BCUT2D eigenvalue weighted by Crippen LogP contribution is -2.46. The van der Waals surface area contributed by atoms with E-state index in [0.29, 0.717) is 45.1 Å². The molecule has 0 spiro atoms. The van der Waals surface area contributed by atoms with Gasteiger partial charge in [0.25, 0.3) is 0 Å². The number of hydrogen-bond donors (Lipinski definition) is 5. The second kappa shape index (κ2) is 21.4. The number of aliphatic carboxylic acids is 1. The van der Waals surface area contributed by atoms with Gasteiger partial charge in [-0.05, 0) is 113 Å². The molecule has 0 saturated carbocycles. The van der Waals surface area contributed by atoms with Gasteiger partial charge in [-0.2, -0.15) is 5.10 Å². The van der Waals surface area contributed by atoms with E-state index in [1.54, 1.807) is 12.4 Å². The summed E-state index contributed by atoms with van der Waals surface area (Å²) in [6, 6.07) is 20.0. The molecule has 1 saturated heterocycles. The first-order chi connectivity index (χ1) is 24.9. The van der Waals surface area contributed by atoms with E-state index in [2.05, 4.69) is 62.3 Å². The minimum absolute atomic E-state index is 0.0391. The molecular weight excluding hydrogens is 650 g/mol. The average molecular weight is 702 g/mol. The van der Waals surface area contributed by atoms with Gasteiger partial charge in [0, 0.05) is 43.5 Å². The van der Waals surface area contributed by atoms with Crippen molar-refractivity contribution in [2.24, 2.45) is 0 Å². The fourth-order valence-corrected chi connectivity index (χ4v) is 5.65. The summed E-state index contributed by atoms with van der Waals surface area (Å²) in [5.41, 5.74) is 4.09. The van der Waals surface area contributed by atoms with Crippen molar-refractivity contribution < 1.29 is 28.9 Å². The zero-order valence-corrected chi connectivity index (χ0v) is 29.6. The molecule has 5 N–H and O–H groups in total. The maximum Gasteiger partial charge on any atom is 0.329 e. The number of ether oxygens (including phenoxy) is 3. The van der Waals surface area contributed by atoms with E-state index in [1.165, 1.54) is 5.56 Å². The zero-order chi connectivity index (χ0) is 36.2. The third-order valence-electron chi connectivity index (χ3n) is 8.42.